The van der Waals surface area contributed by atoms with Crippen LogP contribution in [0.4, 0.5) is 0 Å². The lowest BCUT2D eigenvalue weighted by Crippen LogP contribution is -2.28. The fourth-order valence-electron chi connectivity index (χ4n) is 3.20. The van der Waals surface area contributed by atoms with E-state index >= 15 is 0 Å². The van der Waals surface area contributed by atoms with Crippen molar-refractivity contribution in [2.24, 2.45) is 0 Å². The first kappa shape index (κ1) is 21.6. The maximum absolute atomic E-state index is 13.3. The average Bonchev–Trinajstić information content (AvgIpc) is 2.70. The molecule has 30 heavy (non-hydrogen) atoms. The highest BCUT2D eigenvalue weighted by atomic mass is 16.6. The largest absolute Gasteiger partial charge is 0.471 e. The van der Waals surface area contributed by atoms with E-state index < -0.39 is 12.1 Å². The minimum Gasteiger partial charge on any atom is -0.471 e. The van der Waals surface area contributed by atoms with Crippen LogP contribution < -0.4 is 10.2 Å². The molecule has 1 aromatic heterocycles. The van der Waals surface area contributed by atoms with Gasteiger partial charge < -0.3 is 13.9 Å². The lowest BCUT2D eigenvalue weighted by atomic mass is 9.86. The maximum atomic E-state index is 13.3. The van der Waals surface area contributed by atoms with Gasteiger partial charge >= 0.3 is 5.97 Å². The number of esters is 1. The van der Waals surface area contributed by atoms with E-state index in [-0.39, 0.29) is 23.2 Å². The minimum absolute atomic E-state index is 0.00195. The highest BCUT2D eigenvalue weighted by molar-refractivity contribution is 5.83. The molecule has 5 heteroatoms. The molecule has 0 radical (unpaired) electrons. The number of fused-ring (bicyclic) bond motifs is 1. The Bertz CT molecular complexity index is 1120. The van der Waals surface area contributed by atoms with Crippen molar-refractivity contribution in [2.75, 3.05) is 6.61 Å². The van der Waals surface area contributed by atoms with Crippen molar-refractivity contribution in [1.29, 1.82) is 0 Å². The van der Waals surface area contributed by atoms with E-state index in [0.717, 1.165) is 11.1 Å². The Morgan fingerprint density at radius 3 is 2.37 bits per heavy atom. The molecular formula is C25H28O5. The van der Waals surface area contributed by atoms with Crippen LogP contribution in [-0.2, 0) is 14.9 Å². The Balaban J connectivity index is 2.17. The van der Waals surface area contributed by atoms with Crippen LogP contribution in [0.3, 0.4) is 0 Å². The zero-order valence-corrected chi connectivity index (χ0v) is 18.4. The Labute approximate surface area is 176 Å². The van der Waals surface area contributed by atoms with Gasteiger partial charge in [0, 0.05) is 5.56 Å². The third-order valence-electron chi connectivity index (χ3n) is 4.93. The Kier molecular flexibility index (Phi) is 6.01. The Morgan fingerprint density at radius 1 is 1.10 bits per heavy atom. The van der Waals surface area contributed by atoms with Crippen LogP contribution in [0.2, 0.25) is 0 Å². The van der Waals surface area contributed by atoms with Gasteiger partial charge in [0.25, 0.3) is 0 Å². The van der Waals surface area contributed by atoms with Gasteiger partial charge in [0.05, 0.1) is 12.0 Å². The number of ether oxygens (including phenoxy) is 2. The topological polar surface area (TPSA) is 65.7 Å². The van der Waals surface area contributed by atoms with Crippen LogP contribution >= 0.6 is 0 Å². The number of carbonyl (C=O) groups excluding carboxylic acids is 1. The standard InChI is InChI=1S/C25H28O5/c1-7-28-24(27)16(3)29-23-21(26)19-14-15(2)8-13-20(19)30-22(23)17-9-11-18(12-10-17)25(4,5)6/h8-14,16H,7H2,1-6H3. The molecule has 1 heterocycles. The highest BCUT2D eigenvalue weighted by Crippen LogP contribution is 2.33. The first-order chi connectivity index (χ1) is 14.1. The number of aryl methyl sites for hydroxylation is 1. The molecule has 5 nitrogen and oxygen atoms in total. The summed E-state index contributed by atoms with van der Waals surface area (Å²) in [6, 6.07) is 13.2. The maximum Gasteiger partial charge on any atom is 0.347 e. The van der Waals surface area contributed by atoms with Crippen molar-refractivity contribution in [3.63, 3.8) is 0 Å². The number of carbonyl (C=O) groups is 1. The summed E-state index contributed by atoms with van der Waals surface area (Å²) >= 11 is 0. The molecule has 0 saturated heterocycles. The third kappa shape index (κ3) is 4.40. The second-order valence-corrected chi connectivity index (χ2v) is 8.43. The zero-order chi connectivity index (χ0) is 22.1. The number of benzene rings is 2. The fourth-order valence-corrected chi connectivity index (χ4v) is 3.20. The van der Waals surface area contributed by atoms with Gasteiger partial charge in [-0.2, -0.15) is 0 Å². The molecule has 0 amide bonds. The van der Waals surface area contributed by atoms with E-state index in [1.54, 1.807) is 26.0 Å². The normalized spacial score (nSPS) is 12.6. The van der Waals surface area contributed by atoms with Crippen LogP contribution in [-0.4, -0.2) is 18.7 Å². The predicted molar refractivity (Wildman–Crippen MR) is 118 cm³/mol. The quantitative estimate of drug-likeness (QED) is 0.529. The summed E-state index contributed by atoms with van der Waals surface area (Å²) in [5.74, 6) is -0.222. The number of rotatable bonds is 5. The summed E-state index contributed by atoms with van der Waals surface area (Å²) in [5, 5.41) is 0.413. The van der Waals surface area contributed by atoms with E-state index in [2.05, 4.69) is 20.8 Å². The van der Waals surface area contributed by atoms with E-state index in [1.807, 2.05) is 37.3 Å². The third-order valence-corrected chi connectivity index (χ3v) is 4.93. The molecule has 0 fully saturated rings. The molecule has 0 aliphatic carbocycles. The minimum atomic E-state index is -0.942. The molecular weight excluding hydrogens is 380 g/mol. The second-order valence-electron chi connectivity index (χ2n) is 8.43. The van der Waals surface area contributed by atoms with Gasteiger partial charge in [-0.1, -0.05) is 56.7 Å². The number of hydrogen-bond donors (Lipinski definition) is 0. The fraction of sp³-hybridized carbons (Fsp3) is 0.360. The average molecular weight is 408 g/mol. The van der Waals surface area contributed by atoms with Gasteiger partial charge in [0.2, 0.25) is 11.2 Å². The van der Waals surface area contributed by atoms with Crippen molar-refractivity contribution in [1.82, 2.24) is 0 Å². The van der Waals surface area contributed by atoms with Gasteiger partial charge in [0.1, 0.15) is 5.58 Å². The molecule has 0 aliphatic heterocycles. The van der Waals surface area contributed by atoms with Crippen LogP contribution in [0.25, 0.3) is 22.3 Å². The number of hydrogen-bond acceptors (Lipinski definition) is 5. The molecule has 3 rings (SSSR count). The summed E-state index contributed by atoms with van der Waals surface area (Å²) in [5.41, 5.74) is 2.95. The molecule has 2 aromatic carbocycles. The summed E-state index contributed by atoms with van der Waals surface area (Å²) < 4.78 is 16.9. The lowest BCUT2D eigenvalue weighted by molar-refractivity contribution is -0.150. The highest BCUT2D eigenvalue weighted by Gasteiger charge is 2.24. The van der Waals surface area contributed by atoms with Crippen molar-refractivity contribution in [3.05, 3.63) is 63.8 Å². The zero-order valence-electron chi connectivity index (χ0n) is 18.4. The summed E-state index contributed by atoms with van der Waals surface area (Å²) in [6.07, 6.45) is -0.942. The van der Waals surface area contributed by atoms with E-state index in [4.69, 9.17) is 13.9 Å². The second kappa shape index (κ2) is 8.34. The smallest absolute Gasteiger partial charge is 0.347 e. The Hall–Kier alpha value is -3.08. The van der Waals surface area contributed by atoms with Gasteiger partial charge in [-0.3, -0.25) is 4.79 Å². The molecule has 1 atom stereocenters. The van der Waals surface area contributed by atoms with Crippen LogP contribution in [0.5, 0.6) is 5.75 Å². The van der Waals surface area contributed by atoms with Gasteiger partial charge in [-0.25, -0.2) is 4.79 Å². The van der Waals surface area contributed by atoms with Crippen LogP contribution in [0.15, 0.2) is 51.7 Å². The molecule has 3 aromatic rings. The summed E-state index contributed by atoms with van der Waals surface area (Å²) in [7, 11) is 0. The first-order valence-corrected chi connectivity index (χ1v) is 10.1. The monoisotopic (exact) mass is 408 g/mol. The SMILES string of the molecule is CCOC(=O)C(C)Oc1c(-c2ccc(C(C)(C)C)cc2)oc2ccc(C)cc2c1=O. The lowest BCUT2D eigenvalue weighted by Gasteiger charge is -2.20. The summed E-state index contributed by atoms with van der Waals surface area (Å²) in [4.78, 5) is 25.4. The van der Waals surface area contributed by atoms with Crippen molar-refractivity contribution < 1.29 is 18.7 Å². The van der Waals surface area contributed by atoms with Crippen molar-refractivity contribution in [2.45, 2.75) is 53.1 Å². The predicted octanol–water partition coefficient (Wildman–Crippen LogP) is 5.40. The van der Waals surface area contributed by atoms with Crippen molar-refractivity contribution >= 4 is 16.9 Å². The molecule has 0 saturated carbocycles. The van der Waals surface area contributed by atoms with Crippen molar-refractivity contribution in [3.8, 4) is 17.1 Å². The van der Waals surface area contributed by atoms with E-state index in [9.17, 15) is 9.59 Å². The molecule has 158 valence electrons. The van der Waals surface area contributed by atoms with Crippen LogP contribution in [0, 0.1) is 6.92 Å². The van der Waals surface area contributed by atoms with Gasteiger partial charge in [-0.05, 0) is 43.9 Å². The van der Waals surface area contributed by atoms with E-state index in [1.165, 1.54) is 0 Å². The molecule has 0 N–H and O–H groups in total. The van der Waals surface area contributed by atoms with Crippen LogP contribution in [0.1, 0.15) is 45.7 Å². The summed E-state index contributed by atoms with van der Waals surface area (Å²) in [6.45, 7) is 11.8. The van der Waals surface area contributed by atoms with E-state index in [0.29, 0.717) is 22.3 Å². The van der Waals surface area contributed by atoms with Gasteiger partial charge in [-0.15, -0.1) is 0 Å². The molecule has 0 aliphatic rings. The molecule has 0 bridgehead atoms. The van der Waals surface area contributed by atoms with Gasteiger partial charge in [0.15, 0.2) is 11.9 Å². The molecule has 1 unspecified atom stereocenters. The molecule has 0 spiro atoms. The first-order valence-electron chi connectivity index (χ1n) is 10.1. The Morgan fingerprint density at radius 2 is 1.77 bits per heavy atom.